The van der Waals surface area contributed by atoms with Crippen LogP contribution in [0, 0.1) is 0 Å². The number of fused-ring (bicyclic) bond motifs is 1. The fourth-order valence-corrected chi connectivity index (χ4v) is 1.90. The highest BCUT2D eigenvalue weighted by atomic mass is 19.4. The SMILES string of the molecule is Cn1c2c(c(=O)n(C)c1=O)[C@](O)(C(F)(F)F)C(=O)N2. The molecule has 1 aliphatic rings. The standard InChI is InChI=1S/C9H8F3N3O4/c1-14-4-3(5(16)15(2)7(14)18)8(19,6(17)13-4)9(10,11)12/h19H,1-2H3,(H,13,17)/t8-/m1/s1. The van der Waals surface area contributed by atoms with E-state index in [1.54, 1.807) is 5.32 Å². The van der Waals surface area contributed by atoms with Gasteiger partial charge in [-0.3, -0.25) is 18.7 Å². The Hall–Kier alpha value is -2.10. The number of hydrogen-bond acceptors (Lipinski definition) is 4. The number of hydrogen-bond donors (Lipinski definition) is 2. The first-order valence-electron chi connectivity index (χ1n) is 4.94. The van der Waals surface area contributed by atoms with Crippen LogP contribution in [0.3, 0.4) is 0 Å². The van der Waals surface area contributed by atoms with Crippen LogP contribution in [0.1, 0.15) is 5.56 Å². The highest BCUT2D eigenvalue weighted by molar-refractivity contribution is 6.04. The summed E-state index contributed by atoms with van der Waals surface area (Å²) in [7, 11) is 2.02. The lowest BCUT2D eigenvalue weighted by atomic mass is 9.97. The Bertz CT molecular complexity index is 702. The number of alkyl halides is 3. The number of nitrogens with zero attached hydrogens (tertiary/aromatic N) is 2. The highest BCUT2D eigenvalue weighted by Crippen LogP contribution is 2.44. The van der Waals surface area contributed by atoms with Gasteiger partial charge in [-0.15, -0.1) is 0 Å². The van der Waals surface area contributed by atoms with E-state index < -0.39 is 40.3 Å². The third-order valence-electron chi connectivity index (χ3n) is 3.00. The number of carbonyl (C=O) groups excluding carboxylic acids is 1. The summed E-state index contributed by atoms with van der Waals surface area (Å²) in [5, 5.41) is 11.3. The number of aliphatic hydroxyl groups is 1. The van der Waals surface area contributed by atoms with Crippen LogP contribution in [-0.4, -0.2) is 26.3 Å². The summed E-state index contributed by atoms with van der Waals surface area (Å²) >= 11 is 0. The molecule has 2 N–H and O–H groups in total. The van der Waals surface area contributed by atoms with Gasteiger partial charge in [-0.2, -0.15) is 13.2 Å². The number of amides is 1. The molecule has 0 aliphatic carbocycles. The Kier molecular flexibility index (Phi) is 2.43. The molecule has 104 valence electrons. The smallest absolute Gasteiger partial charge is 0.368 e. The Morgan fingerprint density at radius 2 is 1.68 bits per heavy atom. The van der Waals surface area contributed by atoms with Crippen LogP contribution in [0.25, 0.3) is 0 Å². The number of rotatable bonds is 0. The summed E-state index contributed by atoms with van der Waals surface area (Å²) < 4.78 is 39.7. The third kappa shape index (κ3) is 1.40. The van der Waals surface area contributed by atoms with Crippen LogP contribution in [-0.2, 0) is 24.5 Å². The van der Waals surface area contributed by atoms with Gasteiger partial charge >= 0.3 is 11.9 Å². The molecule has 0 bridgehead atoms. The van der Waals surface area contributed by atoms with Gasteiger partial charge in [0.1, 0.15) is 11.4 Å². The maximum absolute atomic E-state index is 12.9. The fourth-order valence-electron chi connectivity index (χ4n) is 1.90. The molecular formula is C9H8F3N3O4. The van der Waals surface area contributed by atoms with Crippen molar-refractivity contribution in [2.75, 3.05) is 5.32 Å². The zero-order valence-corrected chi connectivity index (χ0v) is 9.70. The highest BCUT2D eigenvalue weighted by Gasteiger charge is 2.66. The average molecular weight is 279 g/mol. The second-order valence-corrected chi connectivity index (χ2v) is 4.09. The molecule has 0 aromatic carbocycles. The van der Waals surface area contributed by atoms with Gasteiger partial charge in [0, 0.05) is 14.1 Å². The quantitative estimate of drug-likeness (QED) is 0.623. The maximum atomic E-state index is 12.9. The molecule has 2 heterocycles. The first kappa shape index (κ1) is 13.3. The normalized spacial score (nSPS) is 22.3. The van der Waals surface area contributed by atoms with Crippen LogP contribution >= 0.6 is 0 Å². The minimum absolute atomic E-state index is 0.385. The van der Waals surface area contributed by atoms with Crippen molar-refractivity contribution >= 4 is 11.7 Å². The maximum Gasteiger partial charge on any atom is 0.431 e. The van der Waals surface area contributed by atoms with Gasteiger partial charge < -0.3 is 10.4 Å². The summed E-state index contributed by atoms with van der Waals surface area (Å²) in [6.07, 6.45) is -5.38. The predicted octanol–water partition coefficient (Wildman–Crippen LogP) is -1.21. The Labute approximate surface area is 102 Å². The molecule has 1 aliphatic heterocycles. The summed E-state index contributed by atoms with van der Waals surface area (Å²) in [5.41, 5.74) is -7.45. The van der Waals surface area contributed by atoms with Crippen molar-refractivity contribution in [3.63, 3.8) is 0 Å². The summed E-state index contributed by atoms with van der Waals surface area (Å²) in [5.74, 6) is -2.47. The van der Waals surface area contributed by atoms with Crippen LogP contribution in [0.5, 0.6) is 0 Å². The van der Waals surface area contributed by atoms with E-state index in [-0.39, 0.29) is 0 Å². The van der Waals surface area contributed by atoms with Gasteiger partial charge in [0.05, 0.1) is 0 Å². The lowest BCUT2D eigenvalue weighted by molar-refractivity contribution is -0.252. The van der Waals surface area contributed by atoms with Crippen molar-refractivity contribution < 1.29 is 23.1 Å². The zero-order valence-electron chi connectivity index (χ0n) is 9.70. The van der Waals surface area contributed by atoms with Crippen LogP contribution in [0.15, 0.2) is 9.59 Å². The number of carbonyl (C=O) groups is 1. The molecule has 10 heteroatoms. The topological polar surface area (TPSA) is 93.3 Å². The average Bonchev–Trinajstić information content (AvgIpc) is 2.58. The summed E-state index contributed by atoms with van der Waals surface area (Å²) in [6.45, 7) is 0. The van der Waals surface area contributed by atoms with E-state index in [2.05, 4.69) is 0 Å². The van der Waals surface area contributed by atoms with E-state index >= 15 is 0 Å². The molecule has 19 heavy (non-hydrogen) atoms. The van der Waals surface area contributed by atoms with Crippen molar-refractivity contribution in [2.45, 2.75) is 11.8 Å². The molecule has 1 aromatic heterocycles. The molecule has 7 nitrogen and oxygen atoms in total. The Morgan fingerprint density at radius 3 is 2.16 bits per heavy atom. The van der Waals surface area contributed by atoms with Crippen LogP contribution in [0.4, 0.5) is 19.0 Å². The largest absolute Gasteiger partial charge is 0.431 e. The lowest BCUT2D eigenvalue weighted by Crippen LogP contribution is -2.51. The monoisotopic (exact) mass is 279 g/mol. The van der Waals surface area contributed by atoms with Crippen molar-refractivity contribution in [1.82, 2.24) is 9.13 Å². The van der Waals surface area contributed by atoms with E-state index in [0.29, 0.717) is 9.13 Å². The van der Waals surface area contributed by atoms with Gasteiger partial charge in [-0.1, -0.05) is 0 Å². The van der Waals surface area contributed by atoms with Gasteiger partial charge in [-0.05, 0) is 0 Å². The number of aromatic nitrogens is 2. The summed E-state index contributed by atoms with van der Waals surface area (Å²) in [6, 6.07) is 0. The minimum atomic E-state index is -5.38. The molecule has 0 spiro atoms. The van der Waals surface area contributed by atoms with Gasteiger partial charge in [0.25, 0.3) is 17.1 Å². The van der Waals surface area contributed by atoms with Crippen molar-refractivity contribution in [2.24, 2.45) is 14.1 Å². The molecular weight excluding hydrogens is 271 g/mol. The van der Waals surface area contributed by atoms with Crippen molar-refractivity contribution in [3.8, 4) is 0 Å². The van der Waals surface area contributed by atoms with Gasteiger partial charge in [-0.25, -0.2) is 4.79 Å². The Balaban J connectivity index is 2.98. The molecule has 0 radical (unpaired) electrons. The Morgan fingerprint density at radius 1 is 1.16 bits per heavy atom. The van der Waals surface area contributed by atoms with Crippen molar-refractivity contribution in [1.29, 1.82) is 0 Å². The molecule has 1 atom stereocenters. The molecule has 1 amide bonds. The van der Waals surface area contributed by atoms with E-state index in [4.69, 9.17) is 0 Å². The third-order valence-corrected chi connectivity index (χ3v) is 3.00. The summed E-state index contributed by atoms with van der Waals surface area (Å²) in [4.78, 5) is 34.6. The molecule has 0 saturated carbocycles. The van der Waals surface area contributed by atoms with Gasteiger partial charge in [0.15, 0.2) is 0 Å². The van der Waals surface area contributed by atoms with E-state index in [1.807, 2.05) is 0 Å². The van der Waals surface area contributed by atoms with Crippen molar-refractivity contribution in [3.05, 3.63) is 26.4 Å². The molecule has 0 unspecified atom stereocenters. The minimum Gasteiger partial charge on any atom is -0.368 e. The molecule has 1 aromatic rings. The van der Waals surface area contributed by atoms with Gasteiger partial charge in [0.2, 0.25) is 0 Å². The number of halogens is 3. The fraction of sp³-hybridized carbons (Fsp3) is 0.444. The molecule has 0 saturated heterocycles. The molecule has 0 fully saturated rings. The number of nitrogens with one attached hydrogen (secondary N) is 1. The predicted molar refractivity (Wildman–Crippen MR) is 55.5 cm³/mol. The zero-order chi connectivity index (χ0) is 14.7. The van der Waals surface area contributed by atoms with E-state index in [9.17, 15) is 32.7 Å². The first-order valence-corrected chi connectivity index (χ1v) is 4.94. The second kappa shape index (κ2) is 3.47. The van der Waals surface area contributed by atoms with E-state index in [1.165, 1.54) is 0 Å². The van der Waals surface area contributed by atoms with Crippen LogP contribution < -0.4 is 16.6 Å². The second-order valence-electron chi connectivity index (χ2n) is 4.09. The molecule has 2 rings (SSSR count). The van der Waals surface area contributed by atoms with E-state index in [0.717, 1.165) is 14.1 Å². The lowest BCUT2D eigenvalue weighted by Gasteiger charge is -2.23. The number of anilines is 1. The first-order chi connectivity index (χ1) is 8.53. The van der Waals surface area contributed by atoms with Crippen LogP contribution in [0.2, 0.25) is 0 Å².